The Morgan fingerprint density at radius 1 is 1.11 bits per heavy atom. The molecule has 0 aromatic carbocycles. The van der Waals surface area contributed by atoms with Gasteiger partial charge in [-0.1, -0.05) is 6.92 Å². The first kappa shape index (κ1) is 13.8. The van der Waals surface area contributed by atoms with Crippen molar-refractivity contribution in [2.24, 2.45) is 5.92 Å². The molecular formula is C16H31N3. The average molecular weight is 265 g/mol. The number of piperidine rings is 1. The molecule has 0 radical (unpaired) electrons. The van der Waals surface area contributed by atoms with E-state index in [4.69, 9.17) is 0 Å². The minimum absolute atomic E-state index is 0.806. The van der Waals surface area contributed by atoms with E-state index in [-0.39, 0.29) is 0 Å². The third-order valence-corrected chi connectivity index (χ3v) is 5.53. The van der Waals surface area contributed by atoms with Crippen molar-refractivity contribution in [1.29, 1.82) is 0 Å². The summed E-state index contributed by atoms with van der Waals surface area (Å²) in [5.74, 6) is 0.938. The molecule has 3 rings (SSSR count). The zero-order valence-electron chi connectivity index (χ0n) is 12.8. The summed E-state index contributed by atoms with van der Waals surface area (Å²) in [6, 6.07) is 2.58. The topological polar surface area (TPSA) is 18.5 Å². The fourth-order valence-electron chi connectivity index (χ4n) is 4.56. The first-order chi connectivity index (χ1) is 9.26. The summed E-state index contributed by atoms with van der Waals surface area (Å²) < 4.78 is 0. The fraction of sp³-hybridized carbons (Fsp3) is 1.00. The van der Waals surface area contributed by atoms with Crippen molar-refractivity contribution in [2.75, 3.05) is 33.2 Å². The van der Waals surface area contributed by atoms with E-state index in [2.05, 4.69) is 29.1 Å². The van der Waals surface area contributed by atoms with E-state index in [9.17, 15) is 0 Å². The molecule has 0 aromatic rings. The SMILES string of the molecule is CCCNC1CC2CCC(C1)N2CC1CCN(C)C1. The maximum absolute atomic E-state index is 3.76. The largest absolute Gasteiger partial charge is 0.314 e. The molecule has 1 N–H and O–H groups in total. The molecule has 3 heterocycles. The van der Waals surface area contributed by atoms with Gasteiger partial charge in [0.1, 0.15) is 0 Å². The van der Waals surface area contributed by atoms with Crippen molar-refractivity contribution < 1.29 is 0 Å². The van der Waals surface area contributed by atoms with Gasteiger partial charge in [0.25, 0.3) is 0 Å². The van der Waals surface area contributed by atoms with Gasteiger partial charge in [0.05, 0.1) is 0 Å². The molecular weight excluding hydrogens is 234 g/mol. The van der Waals surface area contributed by atoms with Crippen LogP contribution in [0.3, 0.4) is 0 Å². The monoisotopic (exact) mass is 265 g/mol. The Balaban J connectivity index is 1.51. The van der Waals surface area contributed by atoms with Gasteiger partial charge in [0.15, 0.2) is 0 Å². The predicted octanol–water partition coefficient (Wildman–Crippen LogP) is 1.93. The highest BCUT2D eigenvalue weighted by atomic mass is 15.2. The Bertz CT molecular complexity index is 280. The summed E-state index contributed by atoms with van der Waals surface area (Å²) in [6.45, 7) is 7.49. The molecule has 0 spiro atoms. The number of nitrogens with one attached hydrogen (secondary N) is 1. The van der Waals surface area contributed by atoms with Crippen LogP contribution >= 0.6 is 0 Å². The maximum Gasteiger partial charge on any atom is 0.0114 e. The van der Waals surface area contributed by atoms with E-state index in [1.165, 1.54) is 64.7 Å². The van der Waals surface area contributed by atoms with Crippen LogP contribution in [0.15, 0.2) is 0 Å². The first-order valence-corrected chi connectivity index (χ1v) is 8.44. The normalized spacial score (nSPS) is 40.1. The molecule has 3 atom stereocenters. The molecule has 3 unspecified atom stereocenters. The average Bonchev–Trinajstić information content (AvgIpc) is 2.89. The van der Waals surface area contributed by atoms with E-state index < -0.39 is 0 Å². The second kappa shape index (κ2) is 6.11. The molecule has 3 saturated heterocycles. The lowest BCUT2D eigenvalue weighted by atomic mass is 9.95. The minimum atomic E-state index is 0.806. The van der Waals surface area contributed by atoms with Crippen molar-refractivity contribution in [2.45, 2.75) is 63.6 Å². The number of hydrogen-bond acceptors (Lipinski definition) is 3. The Labute approximate surface area is 118 Å². The highest BCUT2D eigenvalue weighted by Crippen LogP contribution is 2.37. The Hall–Kier alpha value is -0.120. The van der Waals surface area contributed by atoms with E-state index in [0.717, 1.165) is 24.0 Å². The zero-order chi connectivity index (χ0) is 13.2. The van der Waals surface area contributed by atoms with Crippen LogP contribution in [0.4, 0.5) is 0 Å². The van der Waals surface area contributed by atoms with Gasteiger partial charge in [-0.05, 0) is 64.6 Å². The molecule has 110 valence electrons. The van der Waals surface area contributed by atoms with Crippen LogP contribution in [-0.2, 0) is 0 Å². The van der Waals surface area contributed by atoms with Gasteiger partial charge in [-0.25, -0.2) is 0 Å². The van der Waals surface area contributed by atoms with Gasteiger partial charge >= 0.3 is 0 Å². The first-order valence-electron chi connectivity index (χ1n) is 8.44. The molecule has 3 aliphatic heterocycles. The lowest BCUT2D eigenvalue weighted by molar-refractivity contribution is 0.0989. The van der Waals surface area contributed by atoms with Crippen LogP contribution < -0.4 is 5.32 Å². The maximum atomic E-state index is 3.76. The number of hydrogen-bond donors (Lipinski definition) is 1. The molecule has 3 aliphatic rings. The fourth-order valence-corrected chi connectivity index (χ4v) is 4.56. The standard InChI is InChI=1S/C16H31N3/c1-3-7-17-14-9-15-4-5-16(10-14)19(15)12-13-6-8-18(2)11-13/h13-17H,3-12H2,1-2H3. The van der Waals surface area contributed by atoms with Gasteiger partial charge in [0, 0.05) is 31.2 Å². The molecule has 19 heavy (non-hydrogen) atoms. The van der Waals surface area contributed by atoms with Crippen molar-refractivity contribution >= 4 is 0 Å². The lowest BCUT2D eigenvalue weighted by Gasteiger charge is -2.40. The van der Waals surface area contributed by atoms with Gasteiger partial charge in [-0.2, -0.15) is 0 Å². The highest BCUT2D eigenvalue weighted by molar-refractivity contribution is 4.98. The van der Waals surface area contributed by atoms with Gasteiger partial charge in [-0.3, -0.25) is 4.90 Å². The quantitative estimate of drug-likeness (QED) is 0.819. The van der Waals surface area contributed by atoms with Crippen molar-refractivity contribution in [3.05, 3.63) is 0 Å². The van der Waals surface area contributed by atoms with Crippen LogP contribution in [0, 0.1) is 5.92 Å². The second-order valence-electron chi connectivity index (χ2n) is 7.12. The minimum Gasteiger partial charge on any atom is -0.314 e. The molecule has 2 bridgehead atoms. The van der Waals surface area contributed by atoms with Crippen molar-refractivity contribution in [1.82, 2.24) is 15.1 Å². The summed E-state index contributed by atoms with van der Waals surface area (Å²) in [5, 5.41) is 3.76. The summed E-state index contributed by atoms with van der Waals surface area (Å²) in [6.07, 6.45) is 8.40. The Morgan fingerprint density at radius 2 is 1.84 bits per heavy atom. The number of rotatable bonds is 5. The van der Waals surface area contributed by atoms with Gasteiger partial charge in [-0.15, -0.1) is 0 Å². The van der Waals surface area contributed by atoms with Crippen LogP contribution in [0.1, 0.15) is 45.4 Å². The third-order valence-electron chi connectivity index (χ3n) is 5.53. The van der Waals surface area contributed by atoms with Crippen LogP contribution in [0.25, 0.3) is 0 Å². The second-order valence-corrected chi connectivity index (χ2v) is 7.12. The van der Waals surface area contributed by atoms with Crippen LogP contribution in [-0.4, -0.2) is 61.2 Å². The number of likely N-dealkylation sites (tertiary alicyclic amines) is 1. The summed E-state index contributed by atoms with van der Waals surface area (Å²) in [5.41, 5.74) is 0. The van der Waals surface area contributed by atoms with Gasteiger partial charge in [0.2, 0.25) is 0 Å². The van der Waals surface area contributed by atoms with Crippen molar-refractivity contribution in [3.8, 4) is 0 Å². The van der Waals surface area contributed by atoms with Crippen LogP contribution in [0.5, 0.6) is 0 Å². The molecule has 3 fully saturated rings. The van der Waals surface area contributed by atoms with Crippen molar-refractivity contribution in [3.63, 3.8) is 0 Å². The number of nitrogens with zero attached hydrogens (tertiary/aromatic N) is 2. The smallest absolute Gasteiger partial charge is 0.0114 e. The summed E-state index contributed by atoms with van der Waals surface area (Å²) in [4.78, 5) is 5.38. The van der Waals surface area contributed by atoms with Gasteiger partial charge < -0.3 is 10.2 Å². The summed E-state index contributed by atoms with van der Waals surface area (Å²) in [7, 11) is 2.27. The van der Waals surface area contributed by atoms with E-state index in [0.29, 0.717) is 0 Å². The number of fused-ring (bicyclic) bond motifs is 2. The van der Waals surface area contributed by atoms with E-state index >= 15 is 0 Å². The molecule has 0 saturated carbocycles. The molecule has 3 heteroatoms. The summed E-state index contributed by atoms with van der Waals surface area (Å²) >= 11 is 0. The molecule has 0 aliphatic carbocycles. The molecule has 3 nitrogen and oxygen atoms in total. The lowest BCUT2D eigenvalue weighted by Crippen LogP contribution is -2.50. The molecule has 0 aromatic heterocycles. The molecule has 0 amide bonds. The van der Waals surface area contributed by atoms with E-state index in [1.54, 1.807) is 0 Å². The predicted molar refractivity (Wildman–Crippen MR) is 80.4 cm³/mol. The highest BCUT2D eigenvalue weighted by Gasteiger charge is 2.41. The Morgan fingerprint density at radius 3 is 2.42 bits per heavy atom. The third kappa shape index (κ3) is 3.14. The zero-order valence-corrected chi connectivity index (χ0v) is 12.8. The van der Waals surface area contributed by atoms with Crippen LogP contribution in [0.2, 0.25) is 0 Å². The van der Waals surface area contributed by atoms with E-state index in [1.807, 2.05) is 0 Å². The Kier molecular flexibility index (Phi) is 4.45.